The third-order valence-corrected chi connectivity index (χ3v) is 0. The molecule has 5 heavy (non-hydrogen) atoms. The van der Waals surface area contributed by atoms with Gasteiger partial charge in [-0.1, -0.05) is 0 Å². The Kier molecular flexibility index (Phi) is 199. The zero-order valence-corrected chi connectivity index (χ0v) is 13.8. The van der Waals surface area contributed by atoms with Crippen molar-refractivity contribution in [2.45, 2.75) is 0 Å². The molecular weight excluding hydrogens is 633 g/mol. The molecule has 0 aliphatic carbocycles. The molecule has 0 heterocycles. The van der Waals surface area contributed by atoms with Gasteiger partial charge < -0.3 is 0 Å². The Morgan fingerprint density at radius 2 is 1.00 bits per heavy atom. The molecule has 0 nitrogen and oxygen atoms in total. The summed E-state index contributed by atoms with van der Waals surface area (Å²) >= 11 is 0. The van der Waals surface area contributed by atoms with Crippen molar-refractivity contribution in [2.75, 3.05) is 0 Å². The Balaban J connectivity index is 0. The van der Waals surface area contributed by atoms with Crippen LogP contribution < -0.4 is 0 Å². The van der Waals surface area contributed by atoms with Crippen LogP contribution in [0.2, 0.25) is 0 Å². The van der Waals surface area contributed by atoms with Crippen molar-refractivity contribution in [3.8, 4) is 0 Å². The molecule has 0 N–H and O–H groups in total. The standard InChI is InChI=1S/Ag.Au.Fe.Pb.Zn. The maximum Gasteiger partial charge on any atom is 0 e. The van der Waals surface area contributed by atoms with Gasteiger partial charge in [-0.15, -0.1) is 0 Å². The summed E-state index contributed by atoms with van der Waals surface area (Å²) in [4.78, 5) is 0. The molecule has 0 aromatic carbocycles. The maximum atomic E-state index is 0. The first-order valence-electron chi connectivity index (χ1n) is 0. The molecule has 0 aromatic rings. The van der Waals surface area contributed by atoms with E-state index in [-0.39, 0.29) is 109 Å². The van der Waals surface area contributed by atoms with E-state index in [1.165, 1.54) is 0 Å². The van der Waals surface area contributed by atoms with Crippen LogP contribution in [0.5, 0.6) is 0 Å². The van der Waals surface area contributed by atoms with Gasteiger partial charge in [-0.25, -0.2) is 0 Å². The summed E-state index contributed by atoms with van der Waals surface area (Å²) in [5.74, 6) is 0. The van der Waals surface area contributed by atoms with Crippen molar-refractivity contribution in [3.05, 3.63) is 0 Å². The van der Waals surface area contributed by atoms with Crippen molar-refractivity contribution in [3.63, 3.8) is 0 Å². The van der Waals surface area contributed by atoms with Crippen LogP contribution in [0.25, 0.3) is 0 Å². The number of hydrogen-bond donors (Lipinski definition) is 0. The Morgan fingerprint density at radius 3 is 1.00 bits per heavy atom. The number of rotatable bonds is 0. The van der Waals surface area contributed by atoms with Crippen molar-refractivity contribution in [2.24, 2.45) is 0 Å². The molecule has 0 fully saturated rings. The molecule has 0 unspecified atom stereocenters. The van der Waals surface area contributed by atoms with E-state index in [4.69, 9.17) is 0 Å². The van der Waals surface area contributed by atoms with E-state index >= 15 is 0 Å². The second kappa shape index (κ2) is 25.7. The van der Waals surface area contributed by atoms with E-state index < -0.39 is 0 Å². The van der Waals surface area contributed by atoms with E-state index in [0.29, 0.717) is 0 Å². The first-order chi connectivity index (χ1) is 0. The van der Waals surface area contributed by atoms with Crippen LogP contribution in [0.3, 0.4) is 0 Å². The second-order valence-electron chi connectivity index (χ2n) is 0. The van der Waals surface area contributed by atoms with Gasteiger partial charge in [0.2, 0.25) is 0 Å². The average Bonchev–Trinajstić information content (AvgIpc) is 0. The van der Waals surface area contributed by atoms with Gasteiger partial charge in [0.1, 0.15) is 0 Å². The molecule has 0 aliphatic rings. The van der Waals surface area contributed by atoms with Crippen LogP contribution in [0.15, 0.2) is 0 Å². The van der Waals surface area contributed by atoms with Crippen molar-refractivity contribution in [1.29, 1.82) is 0 Å². The van der Waals surface area contributed by atoms with E-state index in [0.717, 1.165) is 0 Å². The van der Waals surface area contributed by atoms with Crippen molar-refractivity contribution in [1.82, 2.24) is 0 Å². The fraction of sp³-hybridized carbons (Fsp3) is 0. The molecule has 0 spiro atoms. The van der Waals surface area contributed by atoms with Gasteiger partial charge in [0.25, 0.3) is 0 Å². The minimum absolute atomic E-state index is 0. The van der Waals surface area contributed by atoms with E-state index in [2.05, 4.69) is 0 Å². The largest absolute Gasteiger partial charge is 0 e. The van der Waals surface area contributed by atoms with Crippen LogP contribution in [-0.4, -0.2) is 27.3 Å². The minimum Gasteiger partial charge on any atom is 0 e. The van der Waals surface area contributed by atoms with Crippen molar-refractivity contribution < 1.29 is 81.3 Å². The zero-order chi connectivity index (χ0) is 0. The van der Waals surface area contributed by atoms with E-state index in [1.807, 2.05) is 0 Å². The predicted octanol–water partition coefficient (Wildman–Crippen LogP) is -0.391. The first-order valence-corrected chi connectivity index (χ1v) is 0. The van der Waals surface area contributed by atoms with Gasteiger partial charge in [0.15, 0.2) is 0 Å². The summed E-state index contributed by atoms with van der Waals surface area (Å²) in [6.07, 6.45) is 0. The first kappa shape index (κ1) is 38.7. The molecule has 5 heteroatoms. The SMILES string of the molecule is [Ag].[Au].[Fe].[Pb].[Zn]. The predicted molar refractivity (Wildman–Crippen MR) is 5.75 cm³/mol. The molecule has 0 aliphatic heterocycles. The van der Waals surface area contributed by atoms with E-state index in [1.54, 1.807) is 0 Å². The van der Waals surface area contributed by atoms with Crippen LogP contribution >= 0.6 is 0 Å². The van der Waals surface area contributed by atoms with Gasteiger partial charge in [0.05, 0.1) is 0 Å². The van der Waals surface area contributed by atoms with Crippen molar-refractivity contribution >= 4 is 27.3 Å². The summed E-state index contributed by atoms with van der Waals surface area (Å²) in [6.45, 7) is 0. The molecule has 0 amide bonds. The number of hydrogen-bond acceptors (Lipinski definition) is 0. The molecule has 0 aromatic heterocycles. The Labute approximate surface area is 106 Å². The van der Waals surface area contributed by atoms with Crippen LogP contribution in [-0.2, 0) is 81.3 Å². The summed E-state index contributed by atoms with van der Waals surface area (Å²) in [5.41, 5.74) is 0. The molecule has 0 saturated carbocycles. The van der Waals surface area contributed by atoms with Gasteiger partial charge in [0, 0.05) is 109 Å². The normalized spacial score (nSPS) is 0. The van der Waals surface area contributed by atoms with Crippen LogP contribution in [0, 0.1) is 0 Å². The van der Waals surface area contributed by atoms with Gasteiger partial charge >= 0.3 is 0 Å². The summed E-state index contributed by atoms with van der Waals surface area (Å²) < 4.78 is 0. The molecule has 0 saturated heterocycles. The van der Waals surface area contributed by atoms with Gasteiger partial charge in [-0.05, 0) is 0 Å². The molecule has 36 valence electrons. The quantitative estimate of drug-likeness (QED) is 0.320. The van der Waals surface area contributed by atoms with Gasteiger partial charge in [-0.3, -0.25) is 0 Å². The van der Waals surface area contributed by atoms with Crippen LogP contribution in [0.4, 0.5) is 0 Å². The average molecular weight is 633 g/mol. The molecule has 6 radical (unpaired) electrons. The Hall–Kier alpha value is 3.55. The fourth-order valence-electron chi connectivity index (χ4n) is 0. The third-order valence-electron chi connectivity index (χ3n) is 0. The minimum atomic E-state index is 0. The monoisotopic (exact) mass is 632 g/mol. The molecule has 0 rings (SSSR count). The topological polar surface area (TPSA) is 0 Å². The maximum absolute atomic E-state index is 0. The molecule has 0 atom stereocenters. The second-order valence-corrected chi connectivity index (χ2v) is 0. The van der Waals surface area contributed by atoms with Gasteiger partial charge in [-0.2, -0.15) is 0 Å². The molecule has 0 bridgehead atoms. The fourth-order valence-corrected chi connectivity index (χ4v) is 0. The Bertz CT molecular complexity index is 11.6. The summed E-state index contributed by atoms with van der Waals surface area (Å²) in [5, 5.41) is 0. The van der Waals surface area contributed by atoms with Crippen LogP contribution in [0.1, 0.15) is 0 Å². The molecular formula is AgAuFePbZn. The van der Waals surface area contributed by atoms with E-state index in [9.17, 15) is 0 Å². The summed E-state index contributed by atoms with van der Waals surface area (Å²) in [7, 11) is 0. The smallest absolute Gasteiger partial charge is 0 e. The third kappa shape index (κ3) is 18.5. The Morgan fingerprint density at radius 1 is 1.00 bits per heavy atom. The summed E-state index contributed by atoms with van der Waals surface area (Å²) in [6, 6.07) is 0. The zero-order valence-electron chi connectivity index (χ0n) is 2.16.